The van der Waals surface area contributed by atoms with Crippen LogP contribution in [0.5, 0.6) is 5.75 Å². The molecule has 0 aliphatic rings. The van der Waals surface area contributed by atoms with Crippen LogP contribution in [0.4, 0.5) is 0 Å². The average molecular weight is 263 g/mol. The number of rotatable bonds is 6. The minimum absolute atomic E-state index is 0.00967. The van der Waals surface area contributed by atoms with Gasteiger partial charge >= 0.3 is 0 Å². The van der Waals surface area contributed by atoms with E-state index in [1.807, 2.05) is 20.8 Å². The largest absolute Gasteiger partial charge is 0.484 e. The second-order valence-electron chi connectivity index (χ2n) is 4.69. The Morgan fingerprint density at radius 3 is 2.26 bits per heavy atom. The van der Waals surface area contributed by atoms with Crippen molar-refractivity contribution in [2.24, 2.45) is 0 Å². The Kier molecular flexibility index (Phi) is 5.55. The SMILES string of the molecule is CCC(=O)c1ccc(OCC(=O)N(C)C(C)C)cc1. The lowest BCUT2D eigenvalue weighted by atomic mass is 10.1. The summed E-state index contributed by atoms with van der Waals surface area (Å²) in [5.41, 5.74) is 0.667. The lowest BCUT2D eigenvalue weighted by Gasteiger charge is -2.21. The predicted octanol–water partition coefficient (Wildman–Crippen LogP) is 2.52. The first-order valence-corrected chi connectivity index (χ1v) is 6.47. The van der Waals surface area contributed by atoms with E-state index in [0.717, 1.165) is 0 Å². The standard InChI is InChI=1S/C15H21NO3/c1-5-14(17)12-6-8-13(9-7-12)19-10-15(18)16(4)11(2)3/h6-9,11H,5,10H2,1-4H3. The van der Waals surface area contributed by atoms with E-state index >= 15 is 0 Å². The van der Waals surface area contributed by atoms with E-state index < -0.39 is 0 Å². The number of benzene rings is 1. The highest BCUT2D eigenvalue weighted by Gasteiger charge is 2.12. The molecule has 4 heteroatoms. The summed E-state index contributed by atoms with van der Waals surface area (Å²) < 4.78 is 5.40. The molecule has 0 fully saturated rings. The first kappa shape index (κ1) is 15.2. The molecule has 0 heterocycles. The fourth-order valence-corrected chi connectivity index (χ4v) is 1.48. The monoisotopic (exact) mass is 263 g/mol. The van der Waals surface area contributed by atoms with E-state index in [0.29, 0.717) is 17.7 Å². The Bertz CT molecular complexity index is 437. The zero-order chi connectivity index (χ0) is 14.4. The second kappa shape index (κ2) is 6.92. The molecule has 0 N–H and O–H groups in total. The number of amides is 1. The maximum absolute atomic E-state index is 11.7. The van der Waals surface area contributed by atoms with Crippen LogP contribution in [0.3, 0.4) is 0 Å². The maximum atomic E-state index is 11.7. The fourth-order valence-electron chi connectivity index (χ4n) is 1.48. The number of hydrogen-bond acceptors (Lipinski definition) is 3. The quantitative estimate of drug-likeness (QED) is 0.741. The number of ketones is 1. The summed E-state index contributed by atoms with van der Waals surface area (Å²) in [4.78, 5) is 24.8. The molecule has 0 aliphatic heterocycles. The van der Waals surface area contributed by atoms with Gasteiger partial charge in [-0.2, -0.15) is 0 Å². The van der Waals surface area contributed by atoms with Crippen molar-refractivity contribution >= 4 is 11.7 Å². The van der Waals surface area contributed by atoms with Gasteiger partial charge in [0.2, 0.25) is 0 Å². The van der Waals surface area contributed by atoms with Crippen LogP contribution < -0.4 is 4.74 Å². The van der Waals surface area contributed by atoms with E-state index in [2.05, 4.69) is 0 Å². The van der Waals surface area contributed by atoms with Gasteiger partial charge in [-0.3, -0.25) is 9.59 Å². The zero-order valence-electron chi connectivity index (χ0n) is 12.0. The highest BCUT2D eigenvalue weighted by Crippen LogP contribution is 2.13. The Morgan fingerprint density at radius 1 is 1.21 bits per heavy atom. The minimum Gasteiger partial charge on any atom is -0.484 e. The Morgan fingerprint density at radius 2 is 1.79 bits per heavy atom. The third-order valence-corrected chi connectivity index (χ3v) is 3.03. The molecular weight excluding hydrogens is 242 g/mol. The molecule has 0 bridgehead atoms. The van der Waals surface area contributed by atoms with Gasteiger partial charge in [0.1, 0.15) is 5.75 Å². The third kappa shape index (κ3) is 4.39. The normalized spacial score (nSPS) is 10.4. The summed E-state index contributed by atoms with van der Waals surface area (Å²) in [6, 6.07) is 7.02. The highest BCUT2D eigenvalue weighted by molar-refractivity contribution is 5.95. The summed E-state index contributed by atoms with van der Waals surface area (Å²) in [6.45, 7) is 5.73. The topological polar surface area (TPSA) is 46.6 Å². The van der Waals surface area contributed by atoms with Crippen LogP contribution in [-0.4, -0.2) is 36.3 Å². The summed E-state index contributed by atoms with van der Waals surface area (Å²) in [5.74, 6) is 0.629. The lowest BCUT2D eigenvalue weighted by Crippen LogP contribution is -2.36. The molecule has 0 saturated carbocycles. The molecule has 0 atom stereocenters. The molecule has 4 nitrogen and oxygen atoms in total. The first-order chi connectivity index (χ1) is 8.95. The highest BCUT2D eigenvalue weighted by atomic mass is 16.5. The summed E-state index contributed by atoms with van der Waals surface area (Å²) in [7, 11) is 1.75. The number of ether oxygens (including phenoxy) is 1. The van der Waals surface area contributed by atoms with Crippen LogP contribution in [0.1, 0.15) is 37.6 Å². The van der Waals surface area contributed by atoms with Crippen molar-refractivity contribution < 1.29 is 14.3 Å². The molecule has 1 rings (SSSR count). The van der Waals surface area contributed by atoms with Gasteiger partial charge in [0.05, 0.1) is 0 Å². The van der Waals surface area contributed by atoms with Crippen molar-refractivity contribution in [3.05, 3.63) is 29.8 Å². The molecule has 0 radical (unpaired) electrons. The molecule has 0 unspecified atom stereocenters. The maximum Gasteiger partial charge on any atom is 0.260 e. The van der Waals surface area contributed by atoms with E-state index in [-0.39, 0.29) is 24.3 Å². The van der Waals surface area contributed by atoms with Crippen LogP contribution in [0.2, 0.25) is 0 Å². The van der Waals surface area contributed by atoms with Gasteiger partial charge in [-0.25, -0.2) is 0 Å². The number of nitrogens with zero attached hydrogens (tertiary/aromatic N) is 1. The van der Waals surface area contributed by atoms with Gasteiger partial charge < -0.3 is 9.64 Å². The molecular formula is C15H21NO3. The molecule has 1 amide bonds. The number of carbonyl (C=O) groups excluding carboxylic acids is 2. The smallest absolute Gasteiger partial charge is 0.260 e. The minimum atomic E-state index is -0.0660. The van der Waals surface area contributed by atoms with Gasteiger partial charge in [-0.15, -0.1) is 0 Å². The van der Waals surface area contributed by atoms with Crippen LogP contribution in [0.25, 0.3) is 0 Å². The number of likely N-dealkylation sites (N-methyl/N-ethyl adjacent to an activating group) is 1. The van der Waals surface area contributed by atoms with Crippen molar-refractivity contribution in [3.8, 4) is 5.75 Å². The Hall–Kier alpha value is -1.84. The fraction of sp³-hybridized carbons (Fsp3) is 0.467. The van der Waals surface area contributed by atoms with Crippen LogP contribution in [0, 0.1) is 0 Å². The first-order valence-electron chi connectivity index (χ1n) is 6.47. The van der Waals surface area contributed by atoms with Crippen molar-refractivity contribution in [1.29, 1.82) is 0 Å². The van der Waals surface area contributed by atoms with Crippen LogP contribution >= 0.6 is 0 Å². The zero-order valence-corrected chi connectivity index (χ0v) is 12.0. The van der Waals surface area contributed by atoms with E-state index in [1.165, 1.54) is 0 Å². The second-order valence-corrected chi connectivity index (χ2v) is 4.69. The molecule has 104 valence electrons. The average Bonchev–Trinajstić information content (AvgIpc) is 2.43. The van der Waals surface area contributed by atoms with Crippen LogP contribution in [-0.2, 0) is 4.79 Å². The molecule has 0 saturated heterocycles. The molecule has 0 aliphatic carbocycles. The van der Waals surface area contributed by atoms with Crippen LogP contribution in [0.15, 0.2) is 24.3 Å². The van der Waals surface area contributed by atoms with Crippen molar-refractivity contribution in [2.45, 2.75) is 33.2 Å². The Balaban J connectivity index is 2.55. The summed E-state index contributed by atoms with van der Waals surface area (Å²) >= 11 is 0. The third-order valence-electron chi connectivity index (χ3n) is 3.03. The molecule has 1 aromatic carbocycles. The number of carbonyl (C=O) groups is 2. The van der Waals surface area contributed by atoms with Gasteiger partial charge in [0.15, 0.2) is 12.4 Å². The number of Topliss-reactive ketones (excluding diaryl/α,β-unsaturated/α-hetero) is 1. The van der Waals surface area contributed by atoms with Gasteiger partial charge in [-0.05, 0) is 38.1 Å². The van der Waals surface area contributed by atoms with Gasteiger partial charge in [0, 0.05) is 25.1 Å². The Labute approximate surface area is 114 Å². The summed E-state index contributed by atoms with van der Waals surface area (Å²) in [6.07, 6.45) is 0.484. The number of hydrogen-bond donors (Lipinski definition) is 0. The van der Waals surface area contributed by atoms with E-state index in [9.17, 15) is 9.59 Å². The van der Waals surface area contributed by atoms with E-state index in [1.54, 1.807) is 36.2 Å². The van der Waals surface area contributed by atoms with Crippen molar-refractivity contribution in [3.63, 3.8) is 0 Å². The molecule has 0 spiro atoms. The van der Waals surface area contributed by atoms with Crippen molar-refractivity contribution in [1.82, 2.24) is 4.90 Å². The van der Waals surface area contributed by atoms with E-state index in [4.69, 9.17) is 4.74 Å². The lowest BCUT2D eigenvalue weighted by molar-refractivity contribution is -0.133. The molecule has 19 heavy (non-hydrogen) atoms. The van der Waals surface area contributed by atoms with Crippen molar-refractivity contribution in [2.75, 3.05) is 13.7 Å². The summed E-state index contributed by atoms with van der Waals surface area (Å²) in [5, 5.41) is 0. The van der Waals surface area contributed by atoms with Gasteiger partial charge in [-0.1, -0.05) is 6.92 Å². The molecule has 0 aromatic heterocycles. The predicted molar refractivity (Wildman–Crippen MR) is 74.5 cm³/mol. The van der Waals surface area contributed by atoms with Gasteiger partial charge in [0.25, 0.3) is 5.91 Å². The molecule has 1 aromatic rings.